The van der Waals surface area contributed by atoms with Crippen molar-refractivity contribution >= 4 is 0 Å². The first-order chi connectivity index (χ1) is 27.4. The average Bonchev–Trinajstić information content (AvgIpc) is 3.77. The molecule has 0 aromatic carbocycles. The van der Waals surface area contributed by atoms with Crippen LogP contribution in [0.2, 0.25) is 0 Å². The third kappa shape index (κ3) is 8.68. The summed E-state index contributed by atoms with van der Waals surface area (Å²) >= 11 is 0. The molecule has 1 saturated carbocycles. The van der Waals surface area contributed by atoms with Crippen molar-refractivity contribution in [2.45, 2.75) is 276 Å². The van der Waals surface area contributed by atoms with Crippen LogP contribution in [0.5, 0.6) is 0 Å². The van der Waals surface area contributed by atoms with E-state index in [-0.39, 0.29) is 75.8 Å². The minimum absolute atomic E-state index is 0.0485. The summed E-state index contributed by atoms with van der Waals surface area (Å²) in [5.41, 5.74) is 1.67. The van der Waals surface area contributed by atoms with Crippen LogP contribution in [0.15, 0.2) is 0 Å². The molecule has 0 aromatic heterocycles. The molecule has 0 aliphatic heterocycles. The second-order valence-electron chi connectivity index (χ2n) is 33.2. The van der Waals surface area contributed by atoms with E-state index in [0.29, 0.717) is 40.9 Å². The Morgan fingerprint density at radius 2 is 0.609 bits per heavy atom. The Kier molecular flexibility index (Phi) is 16.9. The Morgan fingerprint density at radius 1 is 0.328 bits per heavy atom. The summed E-state index contributed by atoms with van der Waals surface area (Å²) in [4.78, 5) is 0. The molecular formula is C64H128. The molecule has 0 amide bonds. The van der Waals surface area contributed by atoms with Crippen molar-refractivity contribution < 1.29 is 0 Å². The fraction of sp³-hybridized carbons (Fsp3) is 1.00. The molecular weight excluding hydrogens is 769 g/mol. The van der Waals surface area contributed by atoms with Crippen molar-refractivity contribution in [1.82, 2.24) is 0 Å². The van der Waals surface area contributed by atoms with Gasteiger partial charge >= 0.3 is 0 Å². The molecule has 64 heavy (non-hydrogen) atoms. The van der Waals surface area contributed by atoms with Crippen molar-refractivity contribution in [1.29, 1.82) is 0 Å². The first-order valence-corrected chi connectivity index (χ1v) is 27.4. The third-order valence-corrected chi connectivity index (χ3v) is 29.4. The van der Waals surface area contributed by atoms with E-state index in [1.807, 2.05) is 0 Å². The molecule has 0 heterocycles. The van der Waals surface area contributed by atoms with E-state index in [1.165, 1.54) is 6.42 Å². The predicted octanol–water partition coefficient (Wildman–Crippen LogP) is 21.5. The first kappa shape index (κ1) is 62.0. The molecule has 1 aliphatic carbocycles. The van der Waals surface area contributed by atoms with Crippen LogP contribution in [0.1, 0.15) is 276 Å². The summed E-state index contributed by atoms with van der Waals surface area (Å²) in [5, 5.41) is 0. The molecule has 0 saturated heterocycles. The van der Waals surface area contributed by atoms with Crippen molar-refractivity contribution in [3.63, 3.8) is 0 Å². The zero-order valence-corrected chi connectivity index (χ0v) is 52.4. The Morgan fingerprint density at radius 3 is 0.922 bits per heavy atom. The molecule has 0 heteroatoms. The first-order valence-electron chi connectivity index (χ1n) is 27.4. The zero-order valence-electron chi connectivity index (χ0n) is 52.4. The molecule has 0 spiro atoms. The van der Waals surface area contributed by atoms with Crippen LogP contribution in [0.25, 0.3) is 0 Å². The van der Waals surface area contributed by atoms with E-state index in [4.69, 9.17) is 0 Å². The van der Waals surface area contributed by atoms with Crippen LogP contribution in [0.3, 0.4) is 0 Å². The van der Waals surface area contributed by atoms with Crippen LogP contribution in [-0.4, -0.2) is 0 Å². The van der Waals surface area contributed by atoms with Gasteiger partial charge in [0, 0.05) is 0 Å². The molecule has 384 valence electrons. The maximum atomic E-state index is 2.66. The van der Waals surface area contributed by atoms with Gasteiger partial charge in [-0.15, -0.1) is 0 Å². The summed E-state index contributed by atoms with van der Waals surface area (Å²) < 4.78 is 0. The minimum Gasteiger partial charge on any atom is -0.0623 e. The van der Waals surface area contributed by atoms with Gasteiger partial charge in [-0.05, 0) is 141 Å². The second kappa shape index (κ2) is 17.4. The zero-order chi connectivity index (χ0) is 52.4. The highest BCUT2D eigenvalue weighted by Gasteiger charge is 2.68. The van der Waals surface area contributed by atoms with Gasteiger partial charge in [-0.1, -0.05) is 270 Å². The van der Waals surface area contributed by atoms with Gasteiger partial charge in [0.15, 0.2) is 0 Å². The Balaban J connectivity index is 3.63. The lowest BCUT2D eigenvalue weighted by molar-refractivity contribution is -0.215. The number of hydrogen-bond donors (Lipinski definition) is 0. The lowest BCUT2D eigenvalue weighted by Crippen LogP contribution is -2.63. The molecule has 1 aliphatic rings. The van der Waals surface area contributed by atoms with E-state index >= 15 is 0 Å². The molecule has 0 nitrogen and oxygen atoms in total. The maximum Gasteiger partial charge on any atom is -0.0241 e. The van der Waals surface area contributed by atoms with Crippen molar-refractivity contribution in [3.05, 3.63) is 0 Å². The van der Waals surface area contributed by atoms with Gasteiger partial charge in [0.1, 0.15) is 0 Å². The monoisotopic (exact) mass is 897 g/mol. The number of hydrogen-bond acceptors (Lipinski definition) is 0. The van der Waals surface area contributed by atoms with Gasteiger partial charge in [-0.3, -0.25) is 0 Å². The molecule has 0 aromatic rings. The molecule has 8 atom stereocenters. The predicted molar refractivity (Wildman–Crippen MR) is 294 cm³/mol. The van der Waals surface area contributed by atoms with E-state index in [9.17, 15) is 0 Å². The van der Waals surface area contributed by atoms with Crippen LogP contribution in [-0.2, 0) is 0 Å². The lowest BCUT2D eigenvalue weighted by Gasteiger charge is -2.70. The standard InChI is InChI=1S/C64H128/c1-41(2)51(12,13)40-42(3)52(14,15)56(22,23)60(30,31)61(32,33)57(24,25)53(16,17)46(7)43(4)44(5)48-45(6)49(48)47(8)54(18,19)58(26,27)62(34,35)64(38,39)63(36,37)59(28,29)55(20,21)50(9,10)11/h41-49H,40H2,1-39H3. The Labute approximate surface area is 409 Å². The van der Waals surface area contributed by atoms with Crippen LogP contribution in [0, 0.1) is 134 Å². The molecule has 0 radical (unpaired) electrons. The molecule has 0 bridgehead atoms. The van der Waals surface area contributed by atoms with Crippen molar-refractivity contribution in [3.8, 4) is 0 Å². The Bertz CT molecular complexity index is 1560. The lowest BCUT2D eigenvalue weighted by atomic mass is 9.35. The summed E-state index contributed by atoms with van der Waals surface area (Å²) in [5.74, 6) is 6.04. The normalized spacial score (nSPS) is 23.0. The van der Waals surface area contributed by atoms with E-state index in [2.05, 4.69) is 270 Å². The topological polar surface area (TPSA) is 0 Å². The summed E-state index contributed by atoms with van der Waals surface area (Å²) in [6.07, 6.45) is 1.26. The van der Waals surface area contributed by atoms with Crippen LogP contribution in [0.4, 0.5) is 0 Å². The van der Waals surface area contributed by atoms with E-state index in [0.717, 1.165) is 17.8 Å². The van der Waals surface area contributed by atoms with E-state index < -0.39 is 0 Å². The molecule has 1 rings (SSSR count). The largest absolute Gasteiger partial charge is 0.0623 e. The maximum absolute atomic E-state index is 2.66. The average molecular weight is 898 g/mol. The fourth-order valence-corrected chi connectivity index (χ4v) is 15.2. The molecule has 0 N–H and O–H groups in total. The van der Waals surface area contributed by atoms with Crippen molar-refractivity contribution in [2.24, 2.45) is 134 Å². The van der Waals surface area contributed by atoms with Gasteiger partial charge in [-0.25, -0.2) is 0 Å². The SMILES string of the molecule is CC(C(C)C(C)C(C)(C)C(C)(C)C(C)(C)C(C)(C)C(C)(C)C(C)(C)C(C)CC(C)(C)C(C)C)C1C(C)C1C(C)C(C)(C)C(C)(C)C(C)(C)C(C)(C)C(C)(C)C(C)(C)C(C)(C)C(C)(C)C. The summed E-state index contributed by atoms with van der Waals surface area (Å²) in [6.45, 7) is 101. The quantitative estimate of drug-likeness (QED) is 0.108. The molecule has 1 fully saturated rings. The van der Waals surface area contributed by atoms with Gasteiger partial charge in [-0.2, -0.15) is 0 Å². The van der Waals surface area contributed by atoms with Crippen molar-refractivity contribution in [2.75, 3.05) is 0 Å². The summed E-state index contributed by atoms with van der Waals surface area (Å²) in [7, 11) is 0. The smallest absolute Gasteiger partial charge is 0.0241 e. The second-order valence-corrected chi connectivity index (χ2v) is 33.2. The van der Waals surface area contributed by atoms with Crippen LogP contribution >= 0.6 is 0 Å². The van der Waals surface area contributed by atoms with E-state index in [1.54, 1.807) is 0 Å². The van der Waals surface area contributed by atoms with Gasteiger partial charge in [0.2, 0.25) is 0 Å². The molecule has 8 unspecified atom stereocenters. The third-order valence-electron chi connectivity index (χ3n) is 29.4. The van der Waals surface area contributed by atoms with Crippen LogP contribution < -0.4 is 0 Å². The highest BCUT2D eigenvalue weighted by atomic mass is 14.7. The Hall–Kier alpha value is 0. The number of rotatable bonds is 21. The van der Waals surface area contributed by atoms with Gasteiger partial charge in [0.05, 0.1) is 0 Å². The van der Waals surface area contributed by atoms with Gasteiger partial charge in [0.25, 0.3) is 0 Å². The summed E-state index contributed by atoms with van der Waals surface area (Å²) in [6, 6.07) is 0. The highest BCUT2D eigenvalue weighted by Crippen LogP contribution is 2.75. The fourth-order valence-electron chi connectivity index (χ4n) is 15.2. The highest BCUT2D eigenvalue weighted by molar-refractivity contribution is 5.16. The minimum atomic E-state index is 0.0485. The van der Waals surface area contributed by atoms with Gasteiger partial charge < -0.3 is 0 Å².